The highest BCUT2D eigenvalue weighted by Gasteiger charge is 2.19. The van der Waals surface area contributed by atoms with E-state index >= 15 is 0 Å². The zero-order valence-electron chi connectivity index (χ0n) is 18.5. The molecule has 0 amide bonds. The molecule has 0 atom stereocenters. The molecule has 1 N–H and O–H groups in total. The minimum atomic E-state index is -0.261. The molecule has 0 unspecified atom stereocenters. The Morgan fingerprint density at radius 1 is 0.882 bits per heavy atom. The van der Waals surface area contributed by atoms with Gasteiger partial charge in [0, 0.05) is 18.2 Å². The van der Waals surface area contributed by atoms with Gasteiger partial charge in [-0.3, -0.25) is 14.7 Å². The molecule has 0 bridgehead atoms. The van der Waals surface area contributed by atoms with E-state index in [-0.39, 0.29) is 11.1 Å². The zero-order valence-corrected chi connectivity index (χ0v) is 19.3. The van der Waals surface area contributed by atoms with E-state index in [0.717, 1.165) is 11.1 Å². The van der Waals surface area contributed by atoms with Gasteiger partial charge in [-0.2, -0.15) is 0 Å². The molecule has 0 spiro atoms. The second-order valence-corrected chi connectivity index (χ2v) is 8.43. The van der Waals surface area contributed by atoms with Gasteiger partial charge in [0.15, 0.2) is 0 Å². The fourth-order valence-electron chi connectivity index (χ4n) is 4.21. The summed E-state index contributed by atoms with van der Waals surface area (Å²) in [6, 6.07) is 25.9. The Morgan fingerprint density at radius 2 is 1.62 bits per heavy atom. The number of fused-ring (bicyclic) bond motifs is 1. The van der Waals surface area contributed by atoms with Gasteiger partial charge in [-0.05, 0) is 35.4 Å². The van der Waals surface area contributed by atoms with E-state index in [1.165, 1.54) is 10.7 Å². The zero-order chi connectivity index (χ0) is 23.7. The monoisotopic (exact) mass is 471 g/mol. The van der Waals surface area contributed by atoms with Crippen LogP contribution in [0.2, 0.25) is 5.02 Å². The topological polar surface area (TPSA) is 69.0 Å². The number of pyridine rings is 1. The van der Waals surface area contributed by atoms with Crippen LogP contribution in [0.5, 0.6) is 5.75 Å². The Hall–Kier alpha value is -4.03. The van der Waals surface area contributed by atoms with Gasteiger partial charge in [0.25, 0.3) is 11.1 Å². The molecule has 5 rings (SSSR count). The first-order valence-corrected chi connectivity index (χ1v) is 11.2. The van der Waals surface area contributed by atoms with E-state index in [1.807, 2.05) is 60.7 Å². The van der Waals surface area contributed by atoms with Crippen LogP contribution in [0.4, 0.5) is 0 Å². The maximum atomic E-state index is 13.7. The van der Waals surface area contributed by atoms with E-state index in [0.29, 0.717) is 46.0 Å². The number of methoxy groups -OCH3 is 1. The number of benzene rings is 3. The predicted octanol–water partition coefficient (Wildman–Crippen LogP) is 4.78. The number of aromatic nitrogens is 3. The molecule has 0 aliphatic rings. The minimum Gasteiger partial charge on any atom is -0.497 e. The molecule has 0 saturated carbocycles. The summed E-state index contributed by atoms with van der Waals surface area (Å²) in [6.45, 7) is 0.353. The third-order valence-corrected chi connectivity index (χ3v) is 6.17. The Labute approximate surface area is 200 Å². The maximum Gasteiger partial charge on any atom is 0.280 e. The molecule has 0 saturated heterocycles. The molecule has 3 aromatic carbocycles. The summed E-state index contributed by atoms with van der Waals surface area (Å²) in [6.07, 6.45) is 0.381. The lowest BCUT2D eigenvalue weighted by Crippen LogP contribution is -2.25. The third kappa shape index (κ3) is 4.04. The van der Waals surface area contributed by atoms with E-state index in [1.54, 1.807) is 29.9 Å². The first-order valence-electron chi connectivity index (χ1n) is 10.8. The smallest absolute Gasteiger partial charge is 0.280 e. The van der Waals surface area contributed by atoms with Crippen LogP contribution in [0.15, 0.2) is 94.5 Å². The standard InChI is InChI=1S/C27H22ClN3O3/c1-34-20-11-7-10-19(14-20)15-24-26-22(16-25(32)30(24)17-18-8-3-2-4-9-18)29-31(27(26)33)23-13-6-5-12-21(23)28/h2-14,16,29H,15,17H2,1H3. The van der Waals surface area contributed by atoms with Crippen LogP contribution in [0.25, 0.3) is 16.6 Å². The number of rotatable bonds is 6. The fraction of sp³-hybridized carbons (Fsp3) is 0.111. The van der Waals surface area contributed by atoms with Gasteiger partial charge in [-0.1, -0.05) is 66.2 Å². The number of hydrogen-bond acceptors (Lipinski definition) is 3. The molecule has 6 nitrogen and oxygen atoms in total. The second-order valence-electron chi connectivity index (χ2n) is 8.02. The van der Waals surface area contributed by atoms with Crippen molar-refractivity contribution in [3.63, 3.8) is 0 Å². The first kappa shape index (κ1) is 21.8. The number of aromatic amines is 1. The lowest BCUT2D eigenvalue weighted by Gasteiger charge is -2.14. The van der Waals surface area contributed by atoms with E-state index in [4.69, 9.17) is 16.3 Å². The lowest BCUT2D eigenvalue weighted by molar-refractivity contribution is 0.414. The Morgan fingerprint density at radius 3 is 2.38 bits per heavy atom. The summed E-state index contributed by atoms with van der Waals surface area (Å²) in [4.78, 5) is 26.9. The summed E-state index contributed by atoms with van der Waals surface area (Å²) >= 11 is 6.37. The molecular formula is C27H22ClN3O3. The number of ether oxygens (including phenoxy) is 1. The highest BCUT2D eigenvalue weighted by Crippen LogP contribution is 2.23. The number of halogens is 1. The lowest BCUT2D eigenvalue weighted by atomic mass is 10.1. The minimum absolute atomic E-state index is 0.193. The largest absolute Gasteiger partial charge is 0.497 e. The number of nitrogens with zero attached hydrogens (tertiary/aromatic N) is 2. The normalized spacial score (nSPS) is 11.1. The molecule has 0 radical (unpaired) electrons. The number of para-hydroxylation sites is 1. The van der Waals surface area contributed by atoms with Crippen LogP contribution in [0, 0.1) is 0 Å². The van der Waals surface area contributed by atoms with Crippen molar-refractivity contribution in [2.24, 2.45) is 0 Å². The van der Waals surface area contributed by atoms with Crippen molar-refractivity contribution in [3.05, 3.63) is 127 Å². The average Bonchev–Trinajstić information content (AvgIpc) is 3.17. The van der Waals surface area contributed by atoms with Crippen molar-refractivity contribution in [2.75, 3.05) is 7.11 Å². The van der Waals surface area contributed by atoms with E-state index < -0.39 is 0 Å². The van der Waals surface area contributed by atoms with Crippen LogP contribution in [-0.2, 0) is 13.0 Å². The number of H-pyrrole nitrogens is 1. The Bertz CT molecular complexity index is 1600. The third-order valence-electron chi connectivity index (χ3n) is 5.85. The molecule has 34 heavy (non-hydrogen) atoms. The van der Waals surface area contributed by atoms with Crippen molar-refractivity contribution in [1.82, 2.24) is 14.3 Å². The van der Waals surface area contributed by atoms with Crippen molar-refractivity contribution < 1.29 is 4.74 Å². The van der Waals surface area contributed by atoms with Crippen LogP contribution in [-0.4, -0.2) is 21.5 Å². The van der Waals surface area contributed by atoms with Gasteiger partial charge in [0.05, 0.1) is 35.3 Å². The maximum absolute atomic E-state index is 13.7. The molecule has 0 aliphatic heterocycles. The van der Waals surface area contributed by atoms with Crippen molar-refractivity contribution >= 4 is 22.5 Å². The predicted molar refractivity (Wildman–Crippen MR) is 135 cm³/mol. The number of hydrogen-bond donors (Lipinski definition) is 1. The van der Waals surface area contributed by atoms with Gasteiger partial charge in [0.1, 0.15) is 5.75 Å². The van der Waals surface area contributed by atoms with Crippen molar-refractivity contribution in [3.8, 4) is 11.4 Å². The van der Waals surface area contributed by atoms with Gasteiger partial charge < -0.3 is 9.30 Å². The highest BCUT2D eigenvalue weighted by atomic mass is 35.5. The highest BCUT2D eigenvalue weighted by molar-refractivity contribution is 6.32. The van der Waals surface area contributed by atoms with Gasteiger partial charge in [-0.25, -0.2) is 4.68 Å². The van der Waals surface area contributed by atoms with Gasteiger partial charge in [-0.15, -0.1) is 0 Å². The van der Waals surface area contributed by atoms with Crippen LogP contribution < -0.4 is 15.9 Å². The Balaban J connectivity index is 1.76. The molecule has 0 aliphatic carbocycles. The molecule has 2 heterocycles. The molecule has 7 heteroatoms. The average molecular weight is 472 g/mol. The fourth-order valence-corrected chi connectivity index (χ4v) is 4.43. The van der Waals surface area contributed by atoms with Crippen LogP contribution >= 0.6 is 11.6 Å². The van der Waals surface area contributed by atoms with E-state index in [9.17, 15) is 9.59 Å². The molecule has 2 aromatic heterocycles. The Kier molecular flexibility index (Phi) is 5.82. The SMILES string of the molecule is COc1cccc(Cc2c3c(=O)n(-c4ccccc4Cl)[nH]c3cc(=O)n2Cc2ccccc2)c1. The molecule has 0 fully saturated rings. The second kappa shape index (κ2) is 9.08. The van der Waals surface area contributed by atoms with Gasteiger partial charge in [0.2, 0.25) is 0 Å². The summed E-state index contributed by atoms with van der Waals surface area (Å²) in [7, 11) is 1.61. The van der Waals surface area contributed by atoms with Crippen molar-refractivity contribution in [2.45, 2.75) is 13.0 Å². The molecular weight excluding hydrogens is 450 g/mol. The van der Waals surface area contributed by atoms with Crippen molar-refractivity contribution in [1.29, 1.82) is 0 Å². The summed E-state index contributed by atoms with van der Waals surface area (Å²) < 4.78 is 8.44. The number of nitrogens with one attached hydrogen (secondary N) is 1. The summed E-state index contributed by atoms with van der Waals surface area (Å²) in [5.74, 6) is 0.712. The van der Waals surface area contributed by atoms with E-state index in [2.05, 4.69) is 5.10 Å². The quantitative estimate of drug-likeness (QED) is 0.387. The van der Waals surface area contributed by atoms with Crippen LogP contribution in [0.3, 0.4) is 0 Å². The van der Waals surface area contributed by atoms with Gasteiger partial charge >= 0.3 is 0 Å². The van der Waals surface area contributed by atoms with Crippen LogP contribution in [0.1, 0.15) is 16.8 Å². The molecule has 5 aromatic rings. The first-order chi connectivity index (χ1) is 16.5. The summed E-state index contributed by atoms with van der Waals surface area (Å²) in [5, 5.41) is 3.98. The molecule has 170 valence electrons. The summed E-state index contributed by atoms with van der Waals surface area (Å²) in [5.41, 5.74) is 3.07.